The van der Waals surface area contributed by atoms with Crippen molar-refractivity contribution in [1.82, 2.24) is 20.0 Å². The van der Waals surface area contributed by atoms with Crippen molar-refractivity contribution >= 4 is 22.4 Å². The van der Waals surface area contributed by atoms with E-state index in [0.717, 1.165) is 45.8 Å². The van der Waals surface area contributed by atoms with Crippen LogP contribution >= 0.6 is 11.3 Å². The summed E-state index contributed by atoms with van der Waals surface area (Å²) in [4.78, 5) is 16.7. The topological polar surface area (TPSA) is 70.6 Å². The Morgan fingerprint density at radius 2 is 2.15 bits per heavy atom. The third kappa shape index (κ3) is 2.77. The van der Waals surface area contributed by atoms with Crippen LogP contribution in [0.1, 0.15) is 16.2 Å². The number of nitrogens with one attached hydrogen (secondary N) is 1. The summed E-state index contributed by atoms with van der Waals surface area (Å²) < 4.78 is 5.37. The summed E-state index contributed by atoms with van der Waals surface area (Å²) in [6.45, 7) is 5.12. The van der Waals surface area contributed by atoms with Gasteiger partial charge in [-0.3, -0.25) is 9.69 Å². The van der Waals surface area contributed by atoms with Crippen molar-refractivity contribution in [3.8, 4) is 0 Å². The van der Waals surface area contributed by atoms with E-state index in [1.807, 2.05) is 4.90 Å². The first-order valence-electron chi connectivity index (χ1n) is 6.90. The smallest absolute Gasteiger partial charge is 0.284 e. The van der Waals surface area contributed by atoms with Crippen LogP contribution in [0.15, 0.2) is 0 Å². The van der Waals surface area contributed by atoms with Crippen LogP contribution in [-0.4, -0.2) is 78.4 Å². The molecule has 2 aliphatic heterocycles. The maximum atomic E-state index is 12.4. The fourth-order valence-corrected chi connectivity index (χ4v) is 3.38. The Labute approximate surface area is 121 Å². The standard InChI is InChI=1S/C12H19N5O2S/c1-13-12-15-14-10(20-12)11(18)17-3-2-9(8-17)16-4-6-19-7-5-16/h9H,2-8H2,1H3,(H,13,15). The molecule has 3 heterocycles. The van der Waals surface area contributed by atoms with Crippen LogP contribution in [-0.2, 0) is 4.74 Å². The van der Waals surface area contributed by atoms with Crippen molar-refractivity contribution in [3.63, 3.8) is 0 Å². The van der Waals surface area contributed by atoms with Crippen LogP contribution in [0.25, 0.3) is 0 Å². The van der Waals surface area contributed by atoms with Gasteiger partial charge >= 0.3 is 0 Å². The van der Waals surface area contributed by atoms with E-state index in [1.165, 1.54) is 11.3 Å². The van der Waals surface area contributed by atoms with Crippen LogP contribution in [0, 0.1) is 0 Å². The second-order valence-electron chi connectivity index (χ2n) is 5.00. The molecular weight excluding hydrogens is 278 g/mol. The molecule has 0 spiro atoms. The predicted octanol–water partition coefficient (Wildman–Crippen LogP) is 0.127. The highest BCUT2D eigenvalue weighted by molar-refractivity contribution is 7.17. The zero-order valence-electron chi connectivity index (χ0n) is 11.5. The van der Waals surface area contributed by atoms with Gasteiger partial charge in [0.25, 0.3) is 5.91 Å². The molecule has 3 rings (SSSR count). The second-order valence-corrected chi connectivity index (χ2v) is 5.98. The number of hydrogen-bond donors (Lipinski definition) is 1. The van der Waals surface area contributed by atoms with Gasteiger partial charge in [-0.05, 0) is 6.42 Å². The third-order valence-electron chi connectivity index (χ3n) is 3.83. The molecule has 0 aliphatic carbocycles. The van der Waals surface area contributed by atoms with Crippen LogP contribution in [0.5, 0.6) is 0 Å². The quantitative estimate of drug-likeness (QED) is 0.855. The lowest BCUT2D eigenvalue weighted by molar-refractivity contribution is 0.0185. The number of likely N-dealkylation sites (tertiary alicyclic amines) is 1. The number of anilines is 1. The van der Waals surface area contributed by atoms with Gasteiger partial charge in [0.15, 0.2) is 0 Å². The Morgan fingerprint density at radius 1 is 1.35 bits per heavy atom. The zero-order chi connectivity index (χ0) is 13.9. The average Bonchev–Trinajstić information content (AvgIpc) is 3.17. The number of rotatable bonds is 3. The van der Waals surface area contributed by atoms with Gasteiger partial charge < -0.3 is 15.0 Å². The van der Waals surface area contributed by atoms with E-state index in [1.54, 1.807) is 7.05 Å². The number of hydrogen-bond acceptors (Lipinski definition) is 7. The highest BCUT2D eigenvalue weighted by atomic mass is 32.1. The van der Waals surface area contributed by atoms with Gasteiger partial charge in [0.2, 0.25) is 10.1 Å². The van der Waals surface area contributed by atoms with E-state index >= 15 is 0 Å². The molecule has 2 saturated heterocycles. The van der Waals surface area contributed by atoms with E-state index in [-0.39, 0.29) is 5.91 Å². The lowest BCUT2D eigenvalue weighted by Gasteiger charge is -2.31. The molecule has 1 aromatic heterocycles. The Hall–Kier alpha value is -1.25. The summed E-state index contributed by atoms with van der Waals surface area (Å²) in [6.07, 6.45) is 1.03. The lowest BCUT2D eigenvalue weighted by atomic mass is 10.2. The molecule has 7 nitrogen and oxygen atoms in total. The summed E-state index contributed by atoms with van der Waals surface area (Å²) >= 11 is 1.31. The van der Waals surface area contributed by atoms with Gasteiger partial charge in [-0.1, -0.05) is 11.3 Å². The summed E-state index contributed by atoms with van der Waals surface area (Å²) in [5.41, 5.74) is 0. The van der Waals surface area contributed by atoms with E-state index < -0.39 is 0 Å². The normalized spacial score (nSPS) is 24.1. The highest BCUT2D eigenvalue weighted by Gasteiger charge is 2.32. The van der Waals surface area contributed by atoms with Gasteiger partial charge in [0.1, 0.15) is 0 Å². The Bertz CT molecular complexity index is 474. The molecular formula is C12H19N5O2S. The fraction of sp³-hybridized carbons (Fsp3) is 0.750. The Kier molecular flexibility index (Phi) is 4.13. The van der Waals surface area contributed by atoms with Gasteiger partial charge in [-0.25, -0.2) is 0 Å². The molecule has 110 valence electrons. The van der Waals surface area contributed by atoms with Gasteiger partial charge in [0.05, 0.1) is 13.2 Å². The van der Waals surface area contributed by atoms with Crippen molar-refractivity contribution < 1.29 is 9.53 Å². The van der Waals surface area contributed by atoms with Crippen molar-refractivity contribution in [2.75, 3.05) is 51.8 Å². The number of ether oxygens (including phenoxy) is 1. The number of carbonyl (C=O) groups excluding carboxylic acids is 1. The largest absolute Gasteiger partial charge is 0.379 e. The first-order chi connectivity index (χ1) is 9.78. The third-order valence-corrected chi connectivity index (χ3v) is 4.76. The van der Waals surface area contributed by atoms with Gasteiger partial charge in [-0.2, -0.15) is 0 Å². The monoisotopic (exact) mass is 297 g/mol. The first-order valence-corrected chi connectivity index (χ1v) is 7.72. The minimum Gasteiger partial charge on any atom is -0.379 e. The van der Waals surface area contributed by atoms with E-state index in [2.05, 4.69) is 20.4 Å². The first kappa shape index (κ1) is 13.7. The predicted molar refractivity (Wildman–Crippen MR) is 76.2 cm³/mol. The van der Waals surface area contributed by atoms with E-state index in [9.17, 15) is 4.79 Å². The number of carbonyl (C=O) groups is 1. The molecule has 0 saturated carbocycles. The minimum atomic E-state index is -0.000223. The maximum Gasteiger partial charge on any atom is 0.284 e. The molecule has 1 atom stereocenters. The zero-order valence-corrected chi connectivity index (χ0v) is 12.4. The molecule has 0 bridgehead atoms. The molecule has 8 heteroatoms. The van der Waals surface area contributed by atoms with Crippen LogP contribution in [0.2, 0.25) is 0 Å². The van der Waals surface area contributed by atoms with Crippen molar-refractivity contribution in [2.45, 2.75) is 12.5 Å². The molecule has 1 unspecified atom stereocenters. The van der Waals surface area contributed by atoms with E-state index in [4.69, 9.17) is 4.74 Å². The average molecular weight is 297 g/mol. The molecule has 0 aromatic carbocycles. The van der Waals surface area contributed by atoms with Crippen molar-refractivity contribution in [3.05, 3.63) is 5.01 Å². The van der Waals surface area contributed by atoms with Crippen LogP contribution in [0.4, 0.5) is 5.13 Å². The second kappa shape index (κ2) is 6.02. The summed E-state index contributed by atoms with van der Waals surface area (Å²) in [5, 5.41) is 11.9. The minimum absolute atomic E-state index is 0.000223. The summed E-state index contributed by atoms with van der Waals surface area (Å²) in [7, 11) is 1.78. The number of morpholine rings is 1. The number of nitrogens with zero attached hydrogens (tertiary/aromatic N) is 4. The molecule has 2 fully saturated rings. The molecule has 0 radical (unpaired) electrons. The maximum absolute atomic E-state index is 12.4. The Balaban J connectivity index is 1.60. The molecule has 1 amide bonds. The van der Waals surface area contributed by atoms with Crippen molar-refractivity contribution in [2.24, 2.45) is 0 Å². The van der Waals surface area contributed by atoms with Crippen molar-refractivity contribution in [1.29, 1.82) is 0 Å². The summed E-state index contributed by atoms with van der Waals surface area (Å²) in [5.74, 6) is -0.000223. The molecule has 2 aliphatic rings. The van der Waals surface area contributed by atoms with Crippen LogP contribution < -0.4 is 5.32 Å². The number of aromatic nitrogens is 2. The van der Waals surface area contributed by atoms with Gasteiger partial charge in [0, 0.05) is 39.3 Å². The number of amides is 1. The molecule has 1 N–H and O–H groups in total. The van der Waals surface area contributed by atoms with E-state index in [0.29, 0.717) is 16.2 Å². The summed E-state index contributed by atoms with van der Waals surface area (Å²) in [6, 6.07) is 0.458. The molecule has 1 aromatic rings. The lowest BCUT2D eigenvalue weighted by Crippen LogP contribution is -2.45. The Morgan fingerprint density at radius 3 is 2.85 bits per heavy atom. The highest BCUT2D eigenvalue weighted by Crippen LogP contribution is 2.21. The molecule has 20 heavy (non-hydrogen) atoms. The fourth-order valence-electron chi connectivity index (χ4n) is 2.71. The van der Waals surface area contributed by atoms with Crippen LogP contribution in [0.3, 0.4) is 0 Å². The van der Waals surface area contributed by atoms with Gasteiger partial charge in [-0.15, -0.1) is 10.2 Å². The SMILES string of the molecule is CNc1nnc(C(=O)N2CCC(N3CCOCC3)C2)s1.